The highest BCUT2D eigenvalue weighted by atomic mass is 32.1. The Balaban J connectivity index is 1.66. The van der Waals surface area contributed by atoms with E-state index in [0.29, 0.717) is 17.1 Å². The van der Waals surface area contributed by atoms with Crippen LogP contribution in [0.3, 0.4) is 0 Å². The van der Waals surface area contributed by atoms with Crippen molar-refractivity contribution >= 4 is 46.0 Å². The molecular formula is C16H13N5O4S. The molecule has 1 heterocycles. The molecule has 0 amide bonds. The van der Waals surface area contributed by atoms with Gasteiger partial charge in [0.05, 0.1) is 23.3 Å². The lowest BCUT2D eigenvalue weighted by atomic mass is 10.1. The number of hydrogen-bond donors (Lipinski definition) is 3. The number of ketones is 1. The molecule has 1 aliphatic heterocycles. The second-order valence-corrected chi connectivity index (χ2v) is 5.60. The Morgan fingerprint density at radius 2 is 2.00 bits per heavy atom. The average molecular weight is 371 g/mol. The van der Waals surface area contributed by atoms with Crippen LogP contribution in [0.2, 0.25) is 0 Å². The van der Waals surface area contributed by atoms with Crippen molar-refractivity contribution in [3.63, 3.8) is 0 Å². The van der Waals surface area contributed by atoms with Crippen molar-refractivity contribution < 1.29 is 14.5 Å². The van der Waals surface area contributed by atoms with Crippen molar-refractivity contribution in [1.82, 2.24) is 5.43 Å². The van der Waals surface area contributed by atoms with Gasteiger partial charge in [0.2, 0.25) is 5.78 Å². The van der Waals surface area contributed by atoms with Gasteiger partial charge in [0.15, 0.2) is 10.9 Å². The van der Waals surface area contributed by atoms with Gasteiger partial charge in [-0.25, -0.2) is 0 Å². The molecule has 0 saturated carbocycles. The van der Waals surface area contributed by atoms with E-state index in [4.69, 9.17) is 17.0 Å². The van der Waals surface area contributed by atoms with Gasteiger partial charge < -0.3 is 15.4 Å². The van der Waals surface area contributed by atoms with E-state index >= 15 is 0 Å². The van der Waals surface area contributed by atoms with Crippen LogP contribution in [-0.4, -0.2) is 28.8 Å². The summed E-state index contributed by atoms with van der Waals surface area (Å²) in [6.45, 7) is 0. The number of amidine groups is 1. The molecule has 26 heavy (non-hydrogen) atoms. The van der Waals surface area contributed by atoms with Crippen molar-refractivity contribution in [3.05, 3.63) is 58.1 Å². The molecule has 3 rings (SSSR count). The lowest BCUT2D eigenvalue weighted by Gasteiger charge is -2.08. The zero-order chi connectivity index (χ0) is 18.7. The third kappa shape index (κ3) is 3.59. The fourth-order valence-electron chi connectivity index (χ4n) is 2.27. The summed E-state index contributed by atoms with van der Waals surface area (Å²) in [6.07, 6.45) is 0. The Kier molecular flexibility index (Phi) is 4.76. The first-order valence-corrected chi connectivity index (χ1v) is 7.77. The van der Waals surface area contributed by atoms with Gasteiger partial charge in [0.1, 0.15) is 5.75 Å². The smallest absolute Gasteiger partial charge is 0.270 e. The van der Waals surface area contributed by atoms with E-state index in [2.05, 4.69) is 21.2 Å². The van der Waals surface area contributed by atoms with Crippen molar-refractivity contribution in [1.29, 1.82) is 0 Å². The monoisotopic (exact) mass is 371 g/mol. The molecule has 10 heteroatoms. The quantitative estimate of drug-likeness (QED) is 0.426. The van der Waals surface area contributed by atoms with Gasteiger partial charge in [-0.3, -0.25) is 20.3 Å². The molecule has 0 aliphatic carbocycles. The zero-order valence-corrected chi connectivity index (χ0v) is 14.3. The molecule has 0 radical (unpaired) electrons. The van der Waals surface area contributed by atoms with Crippen LogP contribution in [0.1, 0.15) is 10.4 Å². The Labute approximate surface area is 153 Å². The fraction of sp³-hybridized carbons (Fsp3) is 0.0625. The van der Waals surface area contributed by atoms with Gasteiger partial charge in [-0.1, -0.05) is 0 Å². The summed E-state index contributed by atoms with van der Waals surface area (Å²) >= 11 is 5.12. The second-order valence-electron chi connectivity index (χ2n) is 5.20. The number of hydrogen-bond acceptors (Lipinski definition) is 6. The number of nitrogens with one attached hydrogen (secondary N) is 3. The topological polar surface area (TPSA) is 118 Å². The normalized spacial score (nSPS) is 13.7. The zero-order valence-electron chi connectivity index (χ0n) is 13.5. The van der Waals surface area contributed by atoms with Gasteiger partial charge in [0, 0.05) is 17.8 Å². The number of methoxy groups -OCH3 is 1. The fourth-order valence-corrected chi connectivity index (χ4v) is 2.44. The summed E-state index contributed by atoms with van der Waals surface area (Å²) < 4.78 is 5.07. The molecule has 1 aliphatic rings. The maximum atomic E-state index is 12.3. The number of ether oxygens (including phenoxy) is 1. The molecule has 0 bridgehead atoms. The van der Waals surface area contributed by atoms with Crippen LogP contribution in [0.15, 0.2) is 47.6 Å². The number of nitro groups is 1. The SMILES string of the molecule is COc1ccc(NC(=S)NN=C2Nc3ccc([N+](=O)[O-])cc3C2=O)cc1. The number of fused-ring (bicyclic) bond motifs is 1. The standard InChI is InChI=1S/C16H13N5O4S/c1-25-11-5-2-9(3-6-11)17-16(26)20-19-15-14(22)12-8-10(21(23)24)4-7-13(12)18-15/h2-8H,1H3,(H2,17,20,26)(H,18,19,22). The minimum Gasteiger partial charge on any atom is -0.497 e. The van der Waals surface area contributed by atoms with Gasteiger partial charge in [0.25, 0.3) is 5.69 Å². The second kappa shape index (κ2) is 7.15. The number of benzene rings is 2. The van der Waals surface area contributed by atoms with E-state index in [9.17, 15) is 14.9 Å². The first-order chi connectivity index (χ1) is 12.5. The predicted octanol–water partition coefficient (Wildman–Crippen LogP) is 2.51. The highest BCUT2D eigenvalue weighted by Gasteiger charge is 2.28. The van der Waals surface area contributed by atoms with Gasteiger partial charge >= 0.3 is 0 Å². The van der Waals surface area contributed by atoms with Crippen LogP contribution in [0.5, 0.6) is 5.75 Å². The number of rotatable bonds is 4. The molecule has 0 fully saturated rings. The average Bonchev–Trinajstić information content (AvgIpc) is 2.96. The van der Waals surface area contributed by atoms with E-state index in [-0.39, 0.29) is 22.2 Å². The molecule has 0 aromatic heterocycles. The summed E-state index contributed by atoms with van der Waals surface area (Å²) in [7, 11) is 1.57. The van der Waals surface area contributed by atoms with Gasteiger partial charge in [-0.05, 0) is 42.5 Å². The summed E-state index contributed by atoms with van der Waals surface area (Å²) in [6, 6.07) is 11.1. The molecule has 0 saturated heterocycles. The number of carbonyl (C=O) groups excluding carboxylic acids is 1. The van der Waals surface area contributed by atoms with E-state index in [0.717, 1.165) is 0 Å². The summed E-state index contributed by atoms with van der Waals surface area (Å²) in [5.41, 5.74) is 3.76. The molecule has 2 aromatic carbocycles. The Morgan fingerprint density at radius 3 is 2.65 bits per heavy atom. The highest BCUT2D eigenvalue weighted by molar-refractivity contribution is 7.80. The maximum Gasteiger partial charge on any atom is 0.270 e. The summed E-state index contributed by atoms with van der Waals surface area (Å²) in [4.78, 5) is 22.5. The number of Topliss-reactive ketones (excluding diaryl/α,β-unsaturated/α-hetero) is 1. The Bertz CT molecular complexity index is 927. The summed E-state index contributed by atoms with van der Waals surface area (Å²) in [5, 5.41) is 20.6. The van der Waals surface area contributed by atoms with Crippen LogP contribution >= 0.6 is 12.2 Å². The summed E-state index contributed by atoms with van der Waals surface area (Å²) in [5.74, 6) is 0.255. The van der Waals surface area contributed by atoms with Crippen LogP contribution in [0.4, 0.5) is 17.1 Å². The maximum absolute atomic E-state index is 12.3. The Morgan fingerprint density at radius 1 is 1.27 bits per heavy atom. The lowest BCUT2D eigenvalue weighted by molar-refractivity contribution is -0.384. The van der Waals surface area contributed by atoms with E-state index in [1.54, 1.807) is 31.4 Å². The largest absolute Gasteiger partial charge is 0.497 e. The number of anilines is 2. The van der Waals surface area contributed by atoms with Gasteiger partial charge in [-0.2, -0.15) is 5.10 Å². The van der Waals surface area contributed by atoms with E-state index in [1.165, 1.54) is 18.2 Å². The number of hydrazone groups is 1. The number of non-ortho nitro benzene ring substituents is 1. The number of nitrogens with zero attached hydrogens (tertiary/aromatic N) is 2. The molecule has 2 aromatic rings. The van der Waals surface area contributed by atoms with E-state index < -0.39 is 10.7 Å². The minimum atomic E-state index is -0.561. The van der Waals surface area contributed by atoms with Crippen LogP contribution in [0, 0.1) is 10.1 Å². The lowest BCUT2D eigenvalue weighted by Crippen LogP contribution is -2.27. The van der Waals surface area contributed by atoms with Crippen molar-refractivity contribution in [3.8, 4) is 5.75 Å². The molecule has 0 unspecified atom stereocenters. The van der Waals surface area contributed by atoms with Crippen LogP contribution < -0.4 is 20.8 Å². The van der Waals surface area contributed by atoms with Gasteiger partial charge in [-0.15, -0.1) is 0 Å². The molecule has 0 atom stereocenters. The third-order valence-corrected chi connectivity index (χ3v) is 3.74. The van der Waals surface area contributed by atoms with Crippen molar-refractivity contribution in [2.24, 2.45) is 5.10 Å². The third-order valence-electron chi connectivity index (χ3n) is 3.54. The molecular weight excluding hydrogens is 358 g/mol. The Hall–Kier alpha value is -3.53. The molecule has 132 valence electrons. The number of thiocarbonyl (C=S) groups is 1. The van der Waals surface area contributed by atoms with E-state index in [1.807, 2.05) is 0 Å². The van der Waals surface area contributed by atoms with Crippen LogP contribution in [-0.2, 0) is 0 Å². The number of carbonyl (C=O) groups is 1. The molecule has 0 spiro atoms. The minimum absolute atomic E-state index is 0.000575. The predicted molar refractivity (Wildman–Crippen MR) is 101 cm³/mol. The first kappa shape index (κ1) is 17.3. The van der Waals surface area contributed by atoms with Crippen molar-refractivity contribution in [2.45, 2.75) is 0 Å². The molecule has 3 N–H and O–H groups in total. The first-order valence-electron chi connectivity index (χ1n) is 7.37. The molecule has 9 nitrogen and oxygen atoms in total. The van der Waals surface area contributed by atoms with Crippen LogP contribution in [0.25, 0.3) is 0 Å². The van der Waals surface area contributed by atoms with Crippen molar-refractivity contribution in [2.75, 3.05) is 17.7 Å². The highest BCUT2D eigenvalue weighted by Crippen LogP contribution is 2.27. The number of nitro benzene ring substituents is 1.